The molecule has 0 atom stereocenters. The largest absolute Gasteiger partial charge is 0.355 e. The van der Waals surface area contributed by atoms with Gasteiger partial charge in [-0.05, 0) is 24.1 Å². The Morgan fingerprint density at radius 3 is 2.52 bits per heavy atom. The summed E-state index contributed by atoms with van der Waals surface area (Å²) in [6, 6.07) is 13.4. The number of carbonyl (C=O) groups excluding carboxylic acids is 2. The van der Waals surface area contributed by atoms with Gasteiger partial charge in [-0.25, -0.2) is 0 Å². The van der Waals surface area contributed by atoms with Crippen molar-refractivity contribution in [3.8, 4) is 0 Å². The van der Waals surface area contributed by atoms with Gasteiger partial charge in [-0.15, -0.1) is 10.2 Å². The number of amides is 2. The highest BCUT2D eigenvalue weighted by molar-refractivity contribution is 7.99. The van der Waals surface area contributed by atoms with Gasteiger partial charge in [0.1, 0.15) is 5.03 Å². The summed E-state index contributed by atoms with van der Waals surface area (Å²) < 4.78 is 0. The van der Waals surface area contributed by atoms with Crippen LogP contribution in [0.3, 0.4) is 0 Å². The second kappa shape index (κ2) is 8.89. The molecule has 1 aromatic heterocycles. The topological polar surface area (TPSA) is 84.0 Å². The fraction of sp³-hybridized carbons (Fsp3) is 0.250. The summed E-state index contributed by atoms with van der Waals surface area (Å²) in [5, 5.41) is 13.9. The minimum Gasteiger partial charge on any atom is -0.355 e. The van der Waals surface area contributed by atoms with E-state index in [2.05, 4.69) is 20.8 Å². The summed E-state index contributed by atoms with van der Waals surface area (Å²) in [6.07, 6.45) is 0.808. The molecule has 0 saturated carbocycles. The number of anilines is 1. The van der Waals surface area contributed by atoms with Crippen molar-refractivity contribution in [2.75, 3.05) is 17.6 Å². The van der Waals surface area contributed by atoms with Crippen LogP contribution in [0.5, 0.6) is 0 Å². The Kier molecular flexibility index (Phi) is 6.56. The summed E-state index contributed by atoms with van der Waals surface area (Å²) in [4.78, 5) is 22.7. The van der Waals surface area contributed by atoms with E-state index in [0.717, 1.165) is 6.42 Å². The van der Waals surface area contributed by atoms with Crippen LogP contribution in [0.1, 0.15) is 12.5 Å². The Bertz CT molecular complexity index is 647. The number of nitrogens with zero attached hydrogens (tertiary/aromatic N) is 2. The van der Waals surface area contributed by atoms with Crippen molar-refractivity contribution in [1.82, 2.24) is 15.5 Å². The lowest BCUT2D eigenvalue weighted by molar-refractivity contribution is -0.118. The smallest absolute Gasteiger partial charge is 0.230 e. The van der Waals surface area contributed by atoms with E-state index in [4.69, 9.17) is 0 Å². The molecule has 7 heteroatoms. The summed E-state index contributed by atoms with van der Waals surface area (Å²) in [6.45, 7) is 2.01. The molecule has 0 bridgehead atoms. The van der Waals surface area contributed by atoms with Crippen LogP contribution < -0.4 is 10.6 Å². The van der Waals surface area contributed by atoms with Gasteiger partial charge in [-0.1, -0.05) is 42.1 Å². The Morgan fingerprint density at radius 1 is 1.09 bits per heavy atom. The minimum absolute atomic E-state index is 0.0429. The van der Waals surface area contributed by atoms with Gasteiger partial charge in [0, 0.05) is 13.5 Å². The highest BCUT2D eigenvalue weighted by atomic mass is 32.2. The molecule has 0 aliphatic rings. The van der Waals surface area contributed by atoms with E-state index >= 15 is 0 Å². The first-order valence-electron chi connectivity index (χ1n) is 7.18. The Hall–Kier alpha value is -2.41. The lowest BCUT2D eigenvalue weighted by Crippen LogP contribution is -2.27. The lowest BCUT2D eigenvalue weighted by Gasteiger charge is -2.05. The predicted molar refractivity (Wildman–Crippen MR) is 90.2 cm³/mol. The number of aromatic nitrogens is 2. The Morgan fingerprint density at radius 2 is 1.87 bits per heavy atom. The lowest BCUT2D eigenvalue weighted by atomic mass is 10.1. The third kappa shape index (κ3) is 6.48. The third-order valence-electron chi connectivity index (χ3n) is 2.87. The maximum atomic E-state index is 11.8. The zero-order chi connectivity index (χ0) is 16.5. The van der Waals surface area contributed by atoms with Crippen LogP contribution >= 0.6 is 11.8 Å². The van der Waals surface area contributed by atoms with Gasteiger partial charge in [0.15, 0.2) is 5.82 Å². The number of rotatable bonds is 7. The molecule has 0 aliphatic carbocycles. The van der Waals surface area contributed by atoms with Crippen LogP contribution in [0.4, 0.5) is 5.82 Å². The van der Waals surface area contributed by atoms with Crippen molar-refractivity contribution >= 4 is 29.4 Å². The fourth-order valence-electron chi connectivity index (χ4n) is 1.83. The van der Waals surface area contributed by atoms with E-state index in [1.54, 1.807) is 12.1 Å². The number of nitrogens with one attached hydrogen (secondary N) is 2. The molecule has 1 heterocycles. The van der Waals surface area contributed by atoms with E-state index in [-0.39, 0.29) is 17.6 Å². The quantitative estimate of drug-likeness (QED) is 0.757. The van der Waals surface area contributed by atoms with Gasteiger partial charge in [-0.2, -0.15) is 0 Å². The summed E-state index contributed by atoms with van der Waals surface area (Å²) in [5.41, 5.74) is 1.19. The first-order chi connectivity index (χ1) is 11.1. The van der Waals surface area contributed by atoms with Crippen molar-refractivity contribution in [3.63, 3.8) is 0 Å². The van der Waals surface area contributed by atoms with E-state index in [0.29, 0.717) is 17.4 Å². The molecule has 1 aromatic carbocycles. The van der Waals surface area contributed by atoms with Gasteiger partial charge in [-0.3, -0.25) is 9.59 Å². The molecule has 2 N–H and O–H groups in total. The zero-order valence-corrected chi connectivity index (χ0v) is 13.6. The molecule has 0 saturated heterocycles. The summed E-state index contributed by atoms with van der Waals surface area (Å²) >= 11 is 1.30. The second-order valence-electron chi connectivity index (χ2n) is 4.81. The molecule has 120 valence electrons. The highest BCUT2D eigenvalue weighted by Gasteiger charge is 2.05. The van der Waals surface area contributed by atoms with Crippen molar-refractivity contribution in [2.24, 2.45) is 0 Å². The predicted octanol–water partition coefficient (Wildman–Crippen LogP) is 1.89. The van der Waals surface area contributed by atoms with Gasteiger partial charge >= 0.3 is 0 Å². The van der Waals surface area contributed by atoms with Gasteiger partial charge in [0.05, 0.1) is 5.75 Å². The molecule has 0 spiro atoms. The highest BCUT2D eigenvalue weighted by Crippen LogP contribution is 2.14. The monoisotopic (exact) mass is 330 g/mol. The molecule has 0 radical (unpaired) electrons. The molecule has 6 nitrogen and oxygen atoms in total. The number of hydrogen-bond donors (Lipinski definition) is 2. The van der Waals surface area contributed by atoms with E-state index in [1.807, 2.05) is 30.3 Å². The second-order valence-corrected chi connectivity index (χ2v) is 5.81. The van der Waals surface area contributed by atoms with Crippen LogP contribution in [0.15, 0.2) is 47.5 Å². The molecular weight excluding hydrogens is 312 g/mol. The SMILES string of the molecule is CC(=O)Nc1ccc(SCC(=O)NCCc2ccccc2)nn1. The van der Waals surface area contributed by atoms with Gasteiger partial charge < -0.3 is 10.6 Å². The molecule has 0 aliphatic heterocycles. The first kappa shape index (κ1) is 17.0. The maximum Gasteiger partial charge on any atom is 0.230 e. The minimum atomic E-state index is -0.197. The van der Waals surface area contributed by atoms with Crippen LogP contribution in [-0.2, 0) is 16.0 Å². The van der Waals surface area contributed by atoms with E-state index in [1.165, 1.54) is 24.2 Å². The van der Waals surface area contributed by atoms with Gasteiger partial charge in [0.25, 0.3) is 0 Å². The van der Waals surface area contributed by atoms with Crippen LogP contribution in [0.2, 0.25) is 0 Å². The van der Waals surface area contributed by atoms with Crippen LogP contribution in [0.25, 0.3) is 0 Å². The normalized spacial score (nSPS) is 10.1. The molecular formula is C16H18N4O2S. The van der Waals surface area contributed by atoms with Crippen molar-refractivity contribution in [1.29, 1.82) is 0 Å². The number of benzene rings is 1. The fourth-order valence-corrected chi connectivity index (χ4v) is 2.47. The molecule has 2 aromatic rings. The number of hydrogen-bond acceptors (Lipinski definition) is 5. The molecule has 0 fully saturated rings. The molecule has 2 amide bonds. The van der Waals surface area contributed by atoms with Crippen LogP contribution in [0, 0.1) is 0 Å². The average molecular weight is 330 g/mol. The van der Waals surface area contributed by atoms with Crippen molar-refractivity contribution in [2.45, 2.75) is 18.4 Å². The van der Waals surface area contributed by atoms with Crippen molar-refractivity contribution in [3.05, 3.63) is 48.0 Å². The Balaban J connectivity index is 1.68. The summed E-state index contributed by atoms with van der Waals surface area (Å²) in [7, 11) is 0. The third-order valence-corrected chi connectivity index (χ3v) is 3.79. The average Bonchev–Trinajstić information content (AvgIpc) is 2.55. The van der Waals surface area contributed by atoms with Gasteiger partial charge in [0.2, 0.25) is 11.8 Å². The number of carbonyl (C=O) groups is 2. The maximum absolute atomic E-state index is 11.8. The zero-order valence-electron chi connectivity index (χ0n) is 12.8. The van der Waals surface area contributed by atoms with E-state index < -0.39 is 0 Å². The first-order valence-corrected chi connectivity index (χ1v) is 8.17. The van der Waals surface area contributed by atoms with E-state index in [9.17, 15) is 9.59 Å². The Labute approximate surface area is 139 Å². The molecule has 23 heavy (non-hydrogen) atoms. The summed E-state index contributed by atoms with van der Waals surface area (Å²) in [5.74, 6) is 0.438. The molecule has 0 unspecified atom stereocenters. The molecule has 2 rings (SSSR count). The number of thioether (sulfide) groups is 1. The van der Waals surface area contributed by atoms with Crippen molar-refractivity contribution < 1.29 is 9.59 Å². The standard InChI is InChI=1S/C16H18N4O2S/c1-12(21)18-14-7-8-16(20-19-14)23-11-15(22)17-10-9-13-5-3-2-4-6-13/h2-8H,9-11H2,1H3,(H,17,22)(H,18,19,21). The van der Waals surface area contributed by atoms with Crippen LogP contribution in [-0.4, -0.2) is 34.3 Å².